The van der Waals surface area contributed by atoms with Gasteiger partial charge in [-0.2, -0.15) is 5.10 Å². The molecule has 1 amide bonds. The fourth-order valence-electron chi connectivity index (χ4n) is 2.06. The van der Waals surface area contributed by atoms with Crippen molar-refractivity contribution in [2.24, 2.45) is 0 Å². The molecule has 1 N–H and O–H groups in total. The molecular formula is C15H18ClN3O. The number of nitrogens with one attached hydrogen (secondary N) is 1. The third-order valence-electron chi connectivity index (χ3n) is 3.20. The van der Waals surface area contributed by atoms with Gasteiger partial charge in [0.2, 0.25) is 5.91 Å². The fourth-order valence-corrected chi connectivity index (χ4v) is 2.24. The molecule has 0 atom stereocenters. The van der Waals surface area contributed by atoms with E-state index in [1.54, 1.807) is 0 Å². The SMILES string of the molecule is Cc1cc(C)n(CCC(=O)Nc2cccc(Cl)c2C)n1. The van der Waals surface area contributed by atoms with Crippen LogP contribution in [-0.4, -0.2) is 15.7 Å². The smallest absolute Gasteiger partial charge is 0.226 e. The first-order chi connectivity index (χ1) is 9.47. The molecule has 0 spiro atoms. The zero-order valence-electron chi connectivity index (χ0n) is 11.9. The minimum Gasteiger partial charge on any atom is -0.326 e. The van der Waals surface area contributed by atoms with Gasteiger partial charge in [-0.25, -0.2) is 0 Å². The Hall–Kier alpha value is -1.81. The summed E-state index contributed by atoms with van der Waals surface area (Å²) in [6.45, 7) is 6.39. The summed E-state index contributed by atoms with van der Waals surface area (Å²) in [6, 6.07) is 7.48. The van der Waals surface area contributed by atoms with E-state index in [1.165, 1.54) is 0 Å². The molecule has 0 unspecified atom stereocenters. The third-order valence-corrected chi connectivity index (χ3v) is 3.61. The molecule has 2 aromatic rings. The van der Waals surface area contributed by atoms with Gasteiger partial charge in [0.1, 0.15) is 0 Å². The fraction of sp³-hybridized carbons (Fsp3) is 0.333. The Morgan fingerprint density at radius 1 is 1.35 bits per heavy atom. The summed E-state index contributed by atoms with van der Waals surface area (Å²) in [5.74, 6) is -0.0390. The van der Waals surface area contributed by atoms with Gasteiger partial charge in [0.15, 0.2) is 0 Å². The van der Waals surface area contributed by atoms with Crippen LogP contribution in [0.4, 0.5) is 5.69 Å². The van der Waals surface area contributed by atoms with Crippen LogP contribution < -0.4 is 5.32 Å². The van der Waals surface area contributed by atoms with Gasteiger partial charge in [-0.1, -0.05) is 17.7 Å². The van der Waals surface area contributed by atoms with Crippen molar-refractivity contribution < 1.29 is 4.79 Å². The molecule has 0 fully saturated rings. The first-order valence-corrected chi connectivity index (χ1v) is 6.91. The van der Waals surface area contributed by atoms with Crippen LogP contribution in [0, 0.1) is 20.8 Å². The van der Waals surface area contributed by atoms with Crippen molar-refractivity contribution in [2.45, 2.75) is 33.7 Å². The molecule has 0 saturated heterocycles. The highest BCUT2D eigenvalue weighted by Gasteiger charge is 2.08. The summed E-state index contributed by atoms with van der Waals surface area (Å²) in [5, 5.41) is 7.87. The van der Waals surface area contributed by atoms with Crippen LogP contribution in [0.1, 0.15) is 23.4 Å². The van der Waals surface area contributed by atoms with Crippen LogP contribution in [0.2, 0.25) is 5.02 Å². The van der Waals surface area contributed by atoms with Crippen molar-refractivity contribution >= 4 is 23.2 Å². The summed E-state index contributed by atoms with van der Waals surface area (Å²) in [4.78, 5) is 12.0. The molecule has 0 aliphatic carbocycles. The highest BCUT2D eigenvalue weighted by atomic mass is 35.5. The van der Waals surface area contributed by atoms with E-state index in [0.717, 1.165) is 22.6 Å². The Morgan fingerprint density at radius 2 is 2.10 bits per heavy atom. The van der Waals surface area contributed by atoms with Crippen molar-refractivity contribution in [1.82, 2.24) is 9.78 Å². The van der Waals surface area contributed by atoms with Crippen molar-refractivity contribution in [3.05, 3.63) is 46.2 Å². The summed E-state index contributed by atoms with van der Waals surface area (Å²) < 4.78 is 1.85. The summed E-state index contributed by atoms with van der Waals surface area (Å²) in [7, 11) is 0. The summed E-state index contributed by atoms with van der Waals surface area (Å²) in [5.41, 5.74) is 3.67. The minimum atomic E-state index is -0.0390. The number of carbonyl (C=O) groups excluding carboxylic acids is 1. The molecule has 106 valence electrons. The van der Waals surface area contributed by atoms with E-state index in [4.69, 9.17) is 11.6 Å². The van der Waals surface area contributed by atoms with E-state index < -0.39 is 0 Å². The molecule has 2 rings (SSSR count). The molecule has 0 aliphatic rings. The van der Waals surface area contributed by atoms with Crippen LogP contribution >= 0.6 is 11.6 Å². The van der Waals surface area contributed by atoms with Crippen LogP contribution in [0.15, 0.2) is 24.3 Å². The first-order valence-electron chi connectivity index (χ1n) is 6.53. The quantitative estimate of drug-likeness (QED) is 0.937. The maximum atomic E-state index is 12.0. The summed E-state index contributed by atoms with van der Waals surface area (Å²) in [6.07, 6.45) is 0.383. The van der Waals surface area contributed by atoms with Gasteiger partial charge in [0.05, 0.1) is 5.69 Å². The average Bonchev–Trinajstić information content (AvgIpc) is 2.71. The molecule has 0 aliphatic heterocycles. The first kappa shape index (κ1) is 14.6. The van der Waals surface area contributed by atoms with Crippen LogP contribution in [0.5, 0.6) is 0 Å². The number of nitrogens with zero attached hydrogens (tertiary/aromatic N) is 2. The normalized spacial score (nSPS) is 10.6. The summed E-state index contributed by atoms with van der Waals surface area (Å²) >= 11 is 6.03. The average molecular weight is 292 g/mol. The second-order valence-electron chi connectivity index (χ2n) is 4.86. The Balaban J connectivity index is 1.96. The van der Waals surface area contributed by atoms with Gasteiger partial charge in [-0.15, -0.1) is 0 Å². The predicted octanol–water partition coefficient (Wildman–Crippen LogP) is 3.49. The van der Waals surface area contributed by atoms with E-state index in [1.807, 2.05) is 49.7 Å². The standard InChI is InChI=1S/C15H18ClN3O/c1-10-9-11(2)19(18-10)8-7-15(20)17-14-6-4-5-13(16)12(14)3/h4-6,9H,7-8H2,1-3H3,(H,17,20). The zero-order chi connectivity index (χ0) is 14.7. The number of hydrogen-bond acceptors (Lipinski definition) is 2. The Morgan fingerprint density at radius 3 is 2.75 bits per heavy atom. The highest BCUT2D eigenvalue weighted by molar-refractivity contribution is 6.31. The van der Waals surface area contributed by atoms with Gasteiger partial charge < -0.3 is 5.32 Å². The number of anilines is 1. The van der Waals surface area contributed by atoms with Gasteiger partial charge in [-0.3, -0.25) is 9.48 Å². The molecule has 0 radical (unpaired) electrons. The molecule has 0 saturated carbocycles. The second-order valence-corrected chi connectivity index (χ2v) is 5.27. The number of halogens is 1. The van der Waals surface area contributed by atoms with E-state index in [2.05, 4.69) is 10.4 Å². The number of aromatic nitrogens is 2. The zero-order valence-corrected chi connectivity index (χ0v) is 12.7. The minimum absolute atomic E-state index is 0.0390. The van der Waals surface area contributed by atoms with Crippen LogP contribution in [0.25, 0.3) is 0 Å². The Bertz CT molecular complexity index is 634. The lowest BCUT2D eigenvalue weighted by molar-refractivity contribution is -0.116. The molecule has 20 heavy (non-hydrogen) atoms. The molecule has 1 heterocycles. The third kappa shape index (κ3) is 3.39. The molecule has 5 heteroatoms. The molecule has 1 aromatic heterocycles. The number of carbonyl (C=O) groups is 1. The van der Waals surface area contributed by atoms with Crippen molar-refractivity contribution in [3.8, 4) is 0 Å². The molecule has 4 nitrogen and oxygen atoms in total. The van der Waals surface area contributed by atoms with Gasteiger partial charge in [0, 0.05) is 29.4 Å². The Kier molecular flexibility index (Phi) is 4.45. The van der Waals surface area contributed by atoms with E-state index in [9.17, 15) is 4.79 Å². The monoisotopic (exact) mass is 291 g/mol. The van der Waals surface area contributed by atoms with Crippen molar-refractivity contribution in [2.75, 3.05) is 5.32 Å². The lowest BCUT2D eigenvalue weighted by Crippen LogP contribution is -2.16. The molecule has 0 bridgehead atoms. The topological polar surface area (TPSA) is 46.9 Å². The Labute approximate surface area is 123 Å². The highest BCUT2D eigenvalue weighted by Crippen LogP contribution is 2.23. The number of rotatable bonds is 4. The molecule has 1 aromatic carbocycles. The van der Waals surface area contributed by atoms with E-state index in [-0.39, 0.29) is 5.91 Å². The van der Waals surface area contributed by atoms with Crippen LogP contribution in [0.3, 0.4) is 0 Å². The maximum absolute atomic E-state index is 12.0. The lowest BCUT2D eigenvalue weighted by Gasteiger charge is -2.10. The van der Waals surface area contributed by atoms with Gasteiger partial charge in [-0.05, 0) is 44.5 Å². The predicted molar refractivity (Wildman–Crippen MR) is 81.1 cm³/mol. The van der Waals surface area contributed by atoms with Gasteiger partial charge in [0.25, 0.3) is 0 Å². The van der Waals surface area contributed by atoms with Crippen LogP contribution in [-0.2, 0) is 11.3 Å². The number of aryl methyl sites for hydroxylation is 3. The van der Waals surface area contributed by atoms with Gasteiger partial charge >= 0.3 is 0 Å². The maximum Gasteiger partial charge on any atom is 0.226 e. The number of hydrogen-bond donors (Lipinski definition) is 1. The van der Waals surface area contributed by atoms with Crippen molar-refractivity contribution in [3.63, 3.8) is 0 Å². The number of benzene rings is 1. The van der Waals surface area contributed by atoms with Crippen molar-refractivity contribution in [1.29, 1.82) is 0 Å². The largest absolute Gasteiger partial charge is 0.326 e. The van der Waals surface area contributed by atoms with E-state index >= 15 is 0 Å². The lowest BCUT2D eigenvalue weighted by atomic mass is 10.2. The molecular weight excluding hydrogens is 274 g/mol. The number of amides is 1. The van der Waals surface area contributed by atoms with E-state index in [0.29, 0.717) is 18.0 Å². The second kappa shape index (κ2) is 6.09.